The Morgan fingerprint density at radius 1 is 0.950 bits per heavy atom. The van der Waals surface area contributed by atoms with Crippen molar-refractivity contribution in [2.45, 2.75) is 27.7 Å². The van der Waals surface area contributed by atoms with Crippen molar-refractivity contribution >= 4 is 7.82 Å². The van der Waals surface area contributed by atoms with Crippen molar-refractivity contribution in [3.05, 3.63) is 30.3 Å². The molecule has 1 aromatic rings. The van der Waals surface area contributed by atoms with Crippen LogP contribution in [0.3, 0.4) is 0 Å². The molecule has 0 bridgehead atoms. The summed E-state index contributed by atoms with van der Waals surface area (Å²) in [4.78, 5) is 20.1. The van der Waals surface area contributed by atoms with E-state index in [0.29, 0.717) is 0 Å². The third kappa shape index (κ3) is 7.65. The van der Waals surface area contributed by atoms with Crippen LogP contribution in [0.1, 0.15) is 27.7 Å². The number of phosphoric ester groups is 1. The van der Waals surface area contributed by atoms with Gasteiger partial charge in [0.05, 0.1) is 26.2 Å². The van der Waals surface area contributed by atoms with Gasteiger partial charge in [-0.05, 0) is 39.8 Å². The first-order chi connectivity index (χ1) is 9.32. The van der Waals surface area contributed by atoms with Crippen LogP contribution in [0.25, 0.3) is 0 Å². The second kappa shape index (κ2) is 9.14. The molecule has 5 nitrogen and oxygen atoms in total. The smallest absolute Gasteiger partial charge is 0.124 e. The molecule has 0 fully saturated rings. The molecule has 1 rings (SSSR count). The summed E-state index contributed by atoms with van der Waals surface area (Å²) in [6, 6.07) is 7.62. The van der Waals surface area contributed by atoms with Gasteiger partial charge in [0.1, 0.15) is 13.6 Å². The van der Waals surface area contributed by atoms with Gasteiger partial charge in [-0.1, -0.05) is 18.2 Å². The molecule has 0 amide bonds. The van der Waals surface area contributed by atoms with Crippen LogP contribution in [-0.2, 0) is 4.57 Å². The molecule has 0 N–H and O–H groups in total. The van der Waals surface area contributed by atoms with E-state index < -0.39 is 7.82 Å². The third-order valence-electron chi connectivity index (χ3n) is 3.64. The molecular weight excluding hydrogens is 277 g/mol. The second-order valence-corrected chi connectivity index (χ2v) is 5.54. The lowest BCUT2D eigenvalue weighted by atomic mass is 10.3. The highest BCUT2D eigenvalue weighted by Crippen LogP contribution is 2.28. The molecule has 6 heteroatoms. The van der Waals surface area contributed by atoms with Gasteiger partial charge in [0.2, 0.25) is 0 Å². The lowest BCUT2D eigenvalue weighted by Crippen LogP contribution is -2.47. The first-order valence-electron chi connectivity index (χ1n) is 6.94. The average molecular weight is 302 g/mol. The SMILES string of the molecule is CC[N+](CC)(CC)CC.O=P([O-])([O-])Oc1ccccc1. The Morgan fingerprint density at radius 2 is 1.35 bits per heavy atom. The van der Waals surface area contributed by atoms with E-state index >= 15 is 0 Å². The minimum absolute atomic E-state index is 0.0424. The molecule has 0 saturated carbocycles. The molecule has 0 spiro atoms. The van der Waals surface area contributed by atoms with Crippen LogP contribution in [0.5, 0.6) is 5.75 Å². The number of rotatable bonds is 6. The number of para-hydroxylation sites is 1. The normalized spacial score (nSPS) is 11.5. The zero-order valence-electron chi connectivity index (χ0n) is 12.7. The largest absolute Gasteiger partial charge is 0.780 e. The minimum Gasteiger partial charge on any atom is -0.780 e. The van der Waals surface area contributed by atoms with E-state index in [1.807, 2.05) is 0 Å². The zero-order chi connectivity index (χ0) is 15.6. The maximum Gasteiger partial charge on any atom is 0.124 e. The second-order valence-electron chi connectivity index (χ2n) is 4.46. The van der Waals surface area contributed by atoms with Crippen molar-refractivity contribution in [1.29, 1.82) is 0 Å². The number of nitrogens with zero attached hydrogens (tertiary/aromatic N) is 1. The van der Waals surface area contributed by atoms with E-state index in [9.17, 15) is 14.4 Å². The van der Waals surface area contributed by atoms with Crippen LogP contribution < -0.4 is 14.3 Å². The Labute approximate surface area is 122 Å². The summed E-state index contributed by atoms with van der Waals surface area (Å²) in [6.45, 7) is 14.2. The predicted molar refractivity (Wildman–Crippen MR) is 77.1 cm³/mol. The maximum absolute atomic E-state index is 10.1. The maximum atomic E-state index is 10.1. The summed E-state index contributed by atoms with van der Waals surface area (Å²) < 4.78 is 15.4. The number of benzene rings is 1. The standard InChI is InChI=1S/C8H20N.C6H7O4P/c1-5-9(6-2,7-3)8-4;7-11(8,9)10-6-4-2-1-3-5-6/h5-8H2,1-4H3;1-5H,(H2,7,8,9)/q+1;/p-2. The van der Waals surface area contributed by atoms with Crippen molar-refractivity contribution in [3.8, 4) is 5.75 Å². The fraction of sp³-hybridized carbons (Fsp3) is 0.571. The minimum atomic E-state index is -4.89. The summed E-state index contributed by atoms with van der Waals surface area (Å²) in [5.74, 6) is 0.0424. The summed E-state index contributed by atoms with van der Waals surface area (Å²) in [7, 11) is -4.89. The number of quaternary nitrogens is 1. The summed E-state index contributed by atoms with van der Waals surface area (Å²) in [6.07, 6.45) is 0. The Kier molecular flexibility index (Phi) is 8.74. The first-order valence-corrected chi connectivity index (χ1v) is 8.40. The molecule has 0 radical (unpaired) electrons. The molecular formula is C14H25NO4P-. The molecule has 0 aliphatic heterocycles. The van der Waals surface area contributed by atoms with Gasteiger partial charge in [-0.25, -0.2) is 0 Å². The van der Waals surface area contributed by atoms with E-state index in [2.05, 4.69) is 32.2 Å². The molecule has 0 unspecified atom stereocenters. The Morgan fingerprint density at radius 3 is 1.60 bits per heavy atom. The van der Waals surface area contributed by atoms with Gasteiger partial charge in [-0.3, -0.25) is 0 Å². The monoisotopic (exact) mass is 302 g/mol. The van der Waals surface area contributed by atoms with Gasteiger partial charge in [-0.15, -0.1) is 0 Å². The molecule has 0 aromatic heterocycles. The van der Waals surface area contributed by atoms with E-state index in [0.717, 1.165) is 0 Å². The van der Waals surface area contributed by atoms with Gasteiger partial charge >= 0.3 is 0 Å². The van der Waals surface area contributed by atoms with Crippen molar-refractivity contribution < 1.29 is 23.4 Å². The Hall–Kier alpha value is -0.870. The van der Waals surface area contributed by atoms with E-state index in [1.54, 1.807) is 18.2 Å². The van der Waals surface area contributed by atoms with Crippen LogP contribution in [-0.4, -0.2) is 30.7 Å². The fourth-order valence-corrected chi connectivity index (χ4v) is 2.33. The summed E-state index contributed by atoms with van der Waals surface area (Å²) in [5, 5.41) is 0. The number of hydrogen-bond acceptors (Lipinski definition) is 4. The van der Waals surface area contributed by atoms with Gasteiger partial charge in [0.15, 0.2) is 0 Å². The quantitative estimate of drug-likeness (QED) is 0.593. The van der Waals surface area contributed by atoms with Crippen molar-refractivity contribution in [2.75, 3.05) is 26.2 Å². The van der Waals surface area contributed by atoms with Gasteiger partial charge < -0.3 is 23.4 Å². The van der Waals surface area contributed by atoms with Gasteiger partial charge in [-0.2, -0.15) is 0 Å². The van der Waals surface area contributed by atoms with Crippen LogP contribution in [0.15, 0.2) is 30.3 Å². The van der Waals surface area contributed by atoms with Crippen molar-refractivity contribution in [2.24, 2.45) is 0 Å². The topological polar surface area (TPSA) is 72.4 Å². The van der Waals surface area contributed by atoms with Crippen molar-refractivity contribution in [3.63, 3.8) is 0 Å². The molecule has 0 atom stereocenters. The molecule has 0 saturated heterocycles. The van der Waals surface area contributed by atoms with E-state index in [-0.39, 0.29) is 5.75 Å². The van der Waals surface area contributed by atoms with Gasteiger partial charge in [0, 0.05) is 0 Å². The highest BCUT2D eigenvalue weighted by atomic mass is 31.2. The number of phosphoric acid groups is 1. The average Bonchev–Trinajstić information content (AvgIpc) is 2.42. The lowest BCUT2D eigenvalue weighted by Gasteiger charge is -2.34. The lowest BCUT2D eigenvalue weighted by molar-refractivity contribution is -0.921. The molecule has 116 valence electrons. The van der Waals surface area contributed by atoms with Gasteiger partial charge in [0.25, 0.3) is 0 Å². The molecule has 1 aromatic carbocycles. The molecule has 20 heavy (non-hydrogen) atoms. The Balaban J connectivity index is 0.000000370. The highest BCUT2D eigenvalue weighted by Gasteiger charge is 2.16. The number of hydrogen-bond donors (Lipinski definition) is 0. The van der Waals surface area contributed by atoms with E-state index in [1.165, 1.54) is 42.8 Å². The van der Waals surface area contributed by atoms with Crippen LogP contribution in [0.2, 0.25) is 0 Å². The highest BCUT2D eigenvalue weighted by molar-refractivity contribution is 7.43. The van der Waals surface area contributed by atoms with Crippen LogP contribution in [0, 0.1) is 0 Å². The third-order valence-corrected chi connectivity index (χ3v) is 4.08. The summed E-state index contributed by atoms with van der Waals surface area (Å²) >= 11 is 0. The molecule has 0 aliphatic rings. The molecule has 0 heterocycles. The fourth-order valence-electron chi connectivity index (χ4n) is 1.95. The Bertz CT molecular complexity index is 383. The zero-order valence-corrected chi connectivity index (χ0v) is 13.6. The van der Waals surface area contributed by atoms with Crippen molar-refractivity contribution in [1.82, 2.24) is 0 Å². The predicted octanol–water partition coefficient (Wildman–Crippen LogP) is 1.78. The molecule has 0 aliphatic carbocycles. The summed E-state index contributed by atoms with van der Waals surface area (Å²) in [5.41, 5.74) is 0. The van der Waals surface area contributed by atoms with Crippen LogP contribution in [0.4, 0.5) is 0 Å². The van der Waals surface area contributed by atoms with E-state index in [4.69, 9.17) is 0 Å². The van der Waals surface area contributed by atoms with Crippen LogP contribution >= 0.6 is 7.82 Å². The first kappa shape index (κ1) is 19.1.